The fraction of sp³-hybridized carbons (Fsp3) is 0.458. The summed E-state index contributed by atoms with van der Waals surface area (Å²) >= 11 is 0. The molecule has 0 aromatic heterocycles. The van der Waals surface area contributed by atoms with Crippen molar-refractivity contribution in [2.24, 2.45) is 11.8 Å². The number of rotatable bonds is 5. The highest BCUT2D eigenvalue weighted by Crippen LogP contribution is 2.36. The lowest BCUT2D eigenvalue weighted by Crippen LogP contribution is -2.34. The van der Waals surface area contributed by atoms with Gasteiger partial charge in [0.2, 0.25) is 0 Å². The quantitative estimate of drug-likeness (QED) is 0.701. The Morgan fingerprint density at radius 3 is 2.50 bits per heavy atom. The highest BCUT2D eigenvalue weighted by atomic mass is 35.5. The van der Waals surface area contributed by atoms with Gasteiger partial charge in [-0.05, 0) is 74.4 Å². The summed E-state index contributed by atoms with van der Waals surface area (Å²) in [6.07, 6.45) is 4.35. The summed E-state index contributed by atoms with van der Waals surface area (Å²) < 4.78 is 5.41. The molecule has 2 aromatic carbocycles. The average molecular weight is 400 g/mol. The SMILES string of the molecule is COc1cc2c(cc1C)CC(CC1CCN(Cc3ccccc3)CC1)C2=O.Cl. The number of Topliss-reactive ketones (excluding diaryl/α,β-unsaturated/α-hetero) is 1. The van der Waals surface area contributed by atoms with E-state index in [9.17, 15) is 4.79 Å². The van der Waals surface area contributed by atoms with Gasteiger partial charge in [-0.25, -0.2) is 0 Å². The molecular formula is C24H30ClNO2. The van der Waals surface area contributed by atoms with Crippen LogP contribution in [0.1, 0.15) is 46.3 Å². The topological polar surface area (TPSA) is 29.5 Å². The number of benzene rings is 2. The number of aryl methyl sites for hydroxylation is 1. The number of nitrogens with zero attached hydrogens (tertiary/aromatic N) is 1. The Labute approximate surface area is 174 Å². The number of piperidine rings is 1. The van der Waals surface area contributed by atoms with Gasteiger partial charge in [0.05, 0.1) is 7.11 Å². The van der Waals surface area contributed by atoms with Crippen LogP contribution in [0.5, 0.6) is 5.75 Å². The van der Waals surface area contributed by atoms with E-state index in [0.717, 1.165) is 49.4 Å². The van der Waals surface area contributed by atoms with Gasteiger partial charge >= 0.3 is 0 Å². The van der Waals surface area contributed by atoms with Crippen LogP contribution in [0.2, 0.25) is 0 Å². The van der Waals surface area contributed by atoms with Crippen LogP contribution in [0, 0.1) is 18.8 Å². The number of likely N-dealkylation sites (tertiary alicyclic amines) is 1. The molecule has 0 N–H and O–H groups in total. The third-order valence-corrected chi connectivity index (χ3v) is 6.30. The van der Waals surface area contributed by atoms with Crippen LogP contribution < -0.4 is 4.74 Å². The summed E-state index contributed by atoms with van der Waals surface area (Å²) in [6, 6.07) is 14.8. The molecule has 1 saturated heterocycles. The maximum absolute atomic E-state index is 12.9. The van der Waals surface area contributed by atoms with Gasteiger partial charge < -0.3 is 4.74 Å². The molecule has 4 heteroatoms. The second-order valence-electron chi connectivity index (χ2n) is 8.19. The smallest absolute Gasteiger partial charge is 0.166 e. The van der Waals surface area contributed by atoms with Crippen molar-refractivity contribution in [3.8, 4) is 5.75 Å². The van der Waals surface area contributed by atoms with E-state index in [2.05, 4.69) is 48.2 Å². The van der Waals surface area contributed by atoms with Gasteiger partial charge in [-0.3, -0.25) is 9.69 Å². The van der Waals surface area contributed by atoms with Gasteiger partial charge in [0.15, 0.2) is 5.78 Å². The lowest BCUT2D eigenvalue weighted by atomic mass is 9.85. The lowest BCUT2D eigenvalue weighted by molar-refractivity contribution is 0.0895. The maximum Gasteiger partial charge on any atom is 0.166 e. The summed E-state index contributed by atoms with van der Waals surface area (Å²) in [6.45, 7) is 5.38. The molecule has 0 radical (unpaired) electrons. The summed E-state index contributed by atoms with van der Waals surface area (Å²) in [5.41, 5.74) is 4.62. The molecule has 1 fully saturated rings. The Morgan fingerprint density at radius 2 is 1.82 bits per heavy atom. The molecule has 28 heavy (non-hydrogen) atoms. The predicted octanol–water partition coefficient (Wildman–Crippen LogP) is 5.08. The van der Waals surface area contributed by atoms with E-state index < -0.39 is 0 Å². The minimum absolute atomic E-state index is 0. The van der Waals surface area contributed by atoms with E-state index in [1.807, 2.05) is 6.07 Å². The van der Waals surface area contributed by atoms with Crippen molar-refractivity contribution >= 4 is 18.2 Å². The molecule has 0 spiro atoms. The minimum atomic E-state index is 0. The molecule has 0 bridgehead atoms. The highest BCUT2D eigenvalue weighted by Gasteiger charge is 2.34. The number of ether oxygens (including phenoxy) is 1. The zero-order valence-electron chi connectivity index (χ0n) is 16.8. The van der Waals surface area contributed by atoms with E-state index in [1.165, 1.54) is 24.0 Å². The maximum atomic E-state index is 12.9. The summed E-state index contributed by atoms with van der Waals surface area (Å²) in [7, 11) is 1.68. The number of halogens is 1. The number of ketones is 1. The standard InChI is InChI=1S/C24H29NO2.ClH/c1-17-12-20-14-21(24(26)22(20)15-23(17)27-2)13-18-8-10-25(11-9-18)16-19-6-4-3-5-7-19;/h3-7,12,15,18,21H,8-11,13-14,16H2,1-2H3;1H. The Balaban J connectivity index is 0.00000225. The number of hydrogen-bond donors (Lipinski definition) is 0. The fourth-order valence-corrected chi connectivity index (χ4v) is 4.76. The van der Waals surface area contributed by atoms with E-state index in [-0.39, 0.29) is 18.3 Å². The molecule has 0 saturated carbocycles. The molecule has 2 aliphatic rings. The first kappa shape index (κ1) is 20.9. The van der Waals surface area contributed by atoms with Crippen molar-refractivity contribution in [3.05, 3.63) is 64.7 Å². The van der Waals surface area contributed by atoms with E-state index in [1.54, 1.807) is 7.11 Å². The van der Waals surface area contributed by atoms with Gasteiger partial charge in [-0.15, -0.1) is 12.4 Å². The van der Waals surface area contributed by atoms with Gasteiger partial charge in [0.1, 0.15) is 5.75 Å². The third-order valence-electron chi connectivity index (χ3n) is 6.30. The number of hydrogen-bond acceptors (Lipinski definition) is 3. The zero-order chi connectivity index (χ0) is 18.8. The van der Waals surface area contributed by atoms with Crippen molar-refractivity contribution in [1.29, 1.82) is 0 Å². The van der Waals surface area contributed by atoms with E-state index in [4.69, 9.17) is 4.74 Å². The second-order valence-corrected chi connectivity index (χ2v) is 8.19. The van der Waals surface area contributed by atoms with Crippen molar-refractivity contribution in [2.45, 2.75) is 39.2 Å². The van der Waals surface area contributed by atoms with E-state index in [0.29, 0.717) is 11.7 Å². The zero-order valence-corrected chi connectivity index (χ0v) is 17.6. The van der Waals surface area contributed by atoms with Crippen molar-refractivity contribution in [3.63, 3.8) is 0 Å². The van der Waals surface area contributed by atoms with Crippen molar-refractivity contribution < 1.29 is 9.53 Å². The summed E-state index contributed by atoms with van der Waals surface area (Å²) in [4.78, 5) is 15.4. The number of fused-ring (bicyclic) bond motifs is 1. The third kappa shape index (κ3) is 4.42. The molecule has 1 heterocycles. The fourth-order valence-electron chi connectivity index (χ4n) is 4.76. The molecule has 0 amide bonds. The minimum Gasteiger partial charge on any atom is -0.496 e. The van der Waals surface area contributed by atoms with Crippen LogP contribution in [0.15, 0.2) is 42.5 Å². The predicted molar refractivity (Wildman–Crippen MR) is 116 cm³/mol. The molecule has 4 rings (SSSR count). The van der Waals surface area contributed by atoms with Crippen LogP contribution >= 0.6 is 12.4 Å². The van der Waals surface area contributed by atoms with Crippen LogP contribution in [-0.4, -0.2) is 30.9 Å². The van der Waals surface area contributed by atoms with Gasteiger partial charge in [0.25, 0.3) is 0 Å². The van der Waals surface area contributed by atoms with Crippen molar-refractivity contribution in [2.75, 3.05) is 20.2 Å². The summed E-state index contributed by atoms with van der Waals surface area (Å²) in [5.74, 6) is 1.99. The molecule has 1 unspecified atom stereocenters. The van der Waals surface area contributed by atoms with Gasteiger partial charge in [-0.2, -0.15) is 0 Å². The van der Waals surface area contributed by atoms with Crippen LogP contribution in [0.3, 0.4) is 0 Å². The average Bonchev–Trinajstić information content (AvgIpc) is 2.98. The number of methoxy groups -OCH3 is 1. The second kappa shape index (κ2) is 9.11. The normalized spacial score (nSPS) is 19.9. The van der Waals surface area contributed by atoms with Crippen LogP contribution in [0.4, 0.5) is 0 Å². The van der Waals surface area contributed by atoms with Gasteiger partial charge in [-0.1, -0.05) is 36.4 Å². The highest BCUT2D eigenvalue weighted by molar-refractivity contribution is 6.02. The largest absolute Gasteiger partial charge is 0.496 e. The van der Waals surface area contributed by atoms with Crippen LogP contribution in [0.25, 0.3) is 0 Å². The molecule has 1 aliphatic heterocycles. The Morgan fingerprint density at radius 1 is 1.11 bits per heavy atom. The number of carbonyl (C=O) groups is 1. The first-order chi connectivity index (χ1) is 13.1. The lowest BCUT2D eigenvalue weighted by Gasteiger charge is -2.32. The molecular weight excluding hydrogens is 370 g/mol. The molecule has 3 nitrogen and oxygen atoms in total. The molecule has 1 aliphatic carbocycles. The molecule has 1 atom stereocenters. The molecule has 2 aromatic rings. The first-order valence-electron chi connectivity index (χ1n) is 10.1. The summed E-state index contributed by atoms with van der Waals surface area (Å²) in [5, 5.41) is 0. The Hall–Kier alpha value is -1.84. The Bertz CT molecular complexity index is 813. The van der Waals surface area contributed by atoms with Gasteiger partial charge in [0, 0.05) is 18.0 Å². The van der Waals surface area contributed by atoms with E-state index >= 15 is 0 Å². The van der Waals surface area contributed by atoms with Crippen molar-refractivity contribution in [1.82, 2.24) is 4.90 Å². The molecule has 150 valence electrons. The monoisotopic (exact) mass is 399 g/mol. The first-order valence-corrected chi connectivity index (χ1v) is 10.1. The number of carbonyl (C=O) groups excluding carboxylic acids is 1. The Kier molecular flexibility index (Phi) is 6.79. The van der Waals surface area contributed by atoms with Crippen LogP contribution in [-0.2, 0) is 13.0 Å².